The Kier molecular flexibility index (Phi) is 3.46. The van der Waals surface area contributed by atoms with E-state index in [1.807, 2.05) is 30.3 Å². The van der Waals surface area contributed by atoms with Crippen LogP contribution in [0.3, 0.4) is 0 Å². The van der Waals surface area contributed by atoms with Gasteiger partial charge in [0.2, 0.25) is 0 Å². The number of fused-ring (bicyclic) bond motifs is 1. The third-order valence-corrected chi connectivity index (χ3v) is 2.70. The molecule has 0 aliphatic rings. The van der Waals surface area contributed by atoms with E-state index in [1.165, 1.54) is 0 Å². The van der Waals surface area contributed by atoms with Gasteiger partial charge in [0.05, 0.1) is 20.8 Å². The SMILES string of the molecule is COc1cc(CON)c(OC)c2ccccc12. The van der Waals surface area contributed by atoms with E-state index in [0.717, 1.165) is 27.8 Å². The maximum Gasteiger partial charge on any atom is 0.132 e. The monoisotopic (exact) mass is 233 g/mol. The first-order chi connectivity index (χ1) is 8.31. The Morgan fingerprint density at radius 1 is 1.06 bits per heavy atom. The molecule has 0 radical (unpaired) electrons. The van der Waals surface area contributed by atoms with E-state index >= 15 is 0 Å². The smallest absolute Gasteiger partial charge is 0.132 e. The first-order valence-corrected chi connectivity index (χ1v) is 5.26. The lowest BCUT2D eigenvalue weighted by atomic mass is 10.0. The maximum atomic E-state index is 5.42. The average molecular weight is 233 g/mol. The van der Waals surface area contributed by atoms with Crippen LogP contribution in [0.4, 0.5) is 0 Å². The fraction of sp³-hybridized carbons (Fsp3) is 0.231. The predicted molar refractivity (Wildman–Crippen MR) is 66.0 cm³/mol. The van der Waals surface area contributed by atoms with Crippen LogP contribution in [-0.4, -0.2) is 14.2 Å². The van der Waals surface area contributed by atoms with Crippen molar-refractivity contribution in [3.8, 4) is 11.5 Å². The standard InChI is InChI=1S/C13H15NO3/c1-15-12-7-9(8-17-14)13(16-2)11-6-4-3-5-10(11)12/h3-7H,8,14H2,1-2H3. The number of benzene rings is 2. The largest absolute Gasteiger partial charge is 0.496 e. The topological polar surface area (TPSA) is 53.7 Å². The molecular formula is C13H15NO3. The fourth-order valence-electron chi connectivity index (χ4n) is 1.98. The van der Waals surface area contributed by atoms with Crippen LogP contribution in [0.25, 0.3) is 10.8 Å². The molecule has 0 aromatic heterocycles. The van der Waals surface area contributed by atoms with Crippen LogP contribution < -0.4 is 15.4 Å². The normalized spacial score (nSPS) is 10.5. The predicted octanol–water partition coefficient (Wildman–Crippen LogP) is 2.25. The maximum absolute atomic E-state index is 5.42. The van der Waals surface area contributed by atoms with Crippen LogP contribution in [0.1, 0.15) is 5.56 Å². The highest BCUT2D eigenvalue weighted by atomic mass is 16.6. The van der Waals surface area contributed by atoms with Crippen molar-refractivity contribution in [1.82, 2.24) is 0 Å². The number of methoxy groups -OCH3 is 2. The van der Waals surface area contributed by atoms with Crippen LogP contribution in [0.15, 0.2) is 30.3 Å². The van der Waals surface area contributed by atoms with Crippen LogP contribution in [0.5, 0.6) is 11.5 Å². The molecule has 0 spiro atoms. The molecule has 0 bridgehead atoms. The highest BCUT2D eigenvalue weighted by Crippen LogP contribution is 2.36. The Balaban J connectivity index is 2.74. The van der Waals surface area contributed by atoms with Crippen molar-refractivity contribution in [2.24, 2.45) is 5.90 Å². The van der Waals surface area contributed by atoms with Crippen molar-refractivity contribution in [2.45, 2.75) is 6.61 Å². The molecule has 2 aromatic rings. The zero-order valence-electron chi connectivity index (χ0n) is 9.90. The van der Waals surface area contributed by atoms with E-state index < -0.39 is 0 Å². The molecule has 0 aliphatic carbocycles. The number of hydrogen-bond acceptors (Lipinski definition) is 4. The highest BCUT2D eigenvalue weighted by molar-refractivity contribution is 5.94. The molecule has 2 N–H and O–H groups in total. The number of ether oxygens (including phenoxy) is 2. The summed E-state index contributed by atoms with van der Waals surface area (Å²) in [6.07, 6.45) is 0. The van der Waals surface area contributed by atoms with Crippen molar-refractivity contribution in [3.63, 3.8) is 0 Å². The summed E-state index contributed by atoms with van der Waals surface area (Å²) in [5.74, 6) is 6.68. The second-order valence-electron chi connectivity index (χ2n) is 3.63. The lowest BCUT2D eigenvalue weighted by Crippen LogP contribution is -2.02. The van der Waals surface area contributed by atoms with E-state index in [4.69, 9.17) is 15.4 Å². The molecule has 0 saturated heterocycles. The number of rotatable bonds is 4. The van der Waals surface area contributed by atoms with Gasteiger partial charge in [-0.2, -0.15) is 0 Å². The Morgan fingerprint density at radius 2 is 1.76 bits per heavy atom. The molecule has 2 rings (SSSR count). The average Bonchev–Trinajstić information content (AvgIpc) is 2.38. The van der Waals surface area contributed by atoms with Crippen LogP contribution in [0.2, 0.25) is 0 Å². The summed E-state index contributed by atoms with van der Waals surface area (Å²) < 4.78 is 10.8. The molecule has 0 saturated carbocycles. The van der Waals surface area contributed by atoms with Crippen LogP contribution in [-0.2, 0) is 11.4 Å². The summed E-state index contributed by atoms with van der Waals surface area (Å²) in [5.41, 5.74) is 0.866. The van der Waals surface area contributed by atoms with Crippen molar-refractivity contribution in [3.05, 3.63) is 35.9 Å². The summed E-state index contributed by atoms with van der Waals surface area (Å²) in [6, 6.07) is 9.77. The Morgan fingerprint density at radius 3 is 2.35 bits per heavy atom. The van der Waals surface area contributed by atoms with Crippen LogP contribution >= 0.6 is 0 Å². The Labute approximate surface area is 99.8 Å². The van der Waals surface area contributed by atoms with Gasteiger partial charge < -0.3 is 9.47 Å². The molecule has 90 valence electrons. The summed E-state index contributed by atoms with van der Waals surface area (Å²) in [5, 5.41) is 1.99. The summed E-state index contributed by atoms with van der Waals surface area (Å²) >= 11 is 0. The van der Waals surface area contributed by atoms with Crippen LogP contribution in [0, 0.1) is 0 Å². The van der Waals surface area contributed by atoms with E-state index in [-0.39, 0.29) is 6.61 Å². The van der Waals surface area contributed by atoms with E-state index in [1.54, 1.807) is 14.2 Å². The Hall–Kier alpha value is -1.78. The van der Waals surface area contributed by atoms with Gasteiger partial charge in [-0.15, -0.1) is 0 Å². The van der Waals surface area contributed by atoms with E-state index in [0.29, 0.717) is 0 Å². The second kappa shape index (κ2) is 5.03. The van der Waals surface area contributed by atoms with Gasteiger partial charge in [0.25, 0.3) is 0 Å². The van der Waals surface area contributed by atoms with Gasteiger partial charge in [-0.05, 0) is 6.07 Å². The molecule has 4 nitrogen and oxygen atoms in total. The molecule has 4 heteroatoms. The molecule has 0 atom stereocenters. The summed E-state index contributed by atoms with van der Waals surface area (Å²) in [7, 11) is 3.27. The lowest BCUT2D eigenvalue weighted by molar-refractivity contribution is 0.122. The summed E-state index contributed by atoms with van der Waals surface area (Å²) in [6.45, 7) is 0.282. The minimum absolute atomic E-state index is 0.282. The van der Waals surface area contributed by atoms with Crippen molar-refractivity contribution < 1.29 is 14.3 Å². The highest BCUT2D eigenvalue weighted by Gasteiger charge is 2.12. The van der Waals surface area contributed by atoms with Gasteiger partial charge in [0.1, 0.15) is 11.5 Å². The quantitative estimate of drug-likeness (QED) is 0.823. The van der Waals surface area contributed by atoms with E-state index in [9.17, 15) is 0 Å². The summed E-state index contributed by atoms with van der Waals surface area (Å²) in [4.78, 5) is 4.68. The van der Waals surface area contributed by atoms with Gasteiger partial charge in [-0.1, -0.05) is 24.3 Å². The zero-order valence-corrected chi connectivity index (χ0v) is 9.90. The first kappa shape index (κ1) is 11.7. The van der Waals surface area contributed by atoms with Gasteiger partial charge in [-0.25, -0.2) is 5.90 Å². The number of hydrogen-bond donors (Lipinski definition) is 1. The van der Waals surface area contributed by atoms with Gasteiger partial charge >= 0.3 is 0 Å². The van der Waals surface area contributed by atoms with Crippen molar-refractivity contribution in [1.29, 1.82) is 0 Å². The van der Waals surface area contributed by atoms with Crippen molar-refractivity contribution >= 4 is 10.8 Å². The molecule has 0 heterocycles. The third kappa shape index (κ3) is 2.05. The lowest BCUT2D eigenvalue weighted by Gasteiger charge is -2.14. The molecule has 0 unspecified atom stereocenters. The molecule has 0 fully saturated rings. The van der Waals surface area contributed by atoms with Gasteiger partial charge in [0, 0.05) is 16.3 Å². The molecule has 2 aromatic carbocycles. The minimum atomic E-state index is 0.282. The number of nitrogens with two attached hydrogens (primary N) is 1. The van der Waals surface area contributed by atoms with Gasteiger partial charge in [0.15, 0.2) is 0 Å². The van der Waals surface area contributed by atoms with E-state index in [2.05, 4.69) is 4.84 Å². The van der Waals surface area contributed by atoms with Gasteiger partial charge in [-0.3, -0.25) is 4.84 Å². The first-order valence-electron chi connectivity index (χ1n) is 5.26. The zero-order chi connectivity index (χ0) is 12.3. The molecule has 0 aliphatic heterocycles. The molecular weight excluding hydrogens is 218 g/mol. The third-order valence-electron chi connectivity index (χ3n) is 2.70. The second-order valence-corrected chi connectivity index (χ2v) is 3.63. The molecule has 17 heavy (non-hydrogen) atoms. The fourth-order valence-corrected chi connectivity index (χ4v) is 1.98. The Bertz CT molecular complexity index is 525. The van der Waals surface area contributed by atoms with Crippen molar-refractivity contribution in [2.75, 3.05) is 14.2 Å². The minimum Gasteiger partial charge on any atom is -0.496 e. The molecule has 0 amide bonds.